The molecule has 4 nitrogen and oxygen atoms in total. The summed E-state index contributed by atoms with van der Waals surface area (Å²) < 4.78 is 2.17. The summed E-state index contributed by atoms with van der Waals surface area (Å²) in [6, 6.07) is 29.5. The lowest BCUT2D eigenvalue weighted by molar-refractivity contribution is 0.899. The van der Waals surface area contributed by atoms with Gasteiger partial charge in [-0.1, -0.05) is 72.8 Å². The van der Waals surface area contributed by atoms with E-state index in [1.807, 2.05) is 12.1 Å². The molecule has 3 aromatic carbocycles. The molecule has 2 aromatic heterocycles. The molecule has 0 spiro atoms. The lowest BCUT2D eigenvalue weighted by atomic mass is 10.1. The van der Waals surface area contributed by atoms with Crippen molar-refractivity contribution in [2.24, 2.45) is 0 Å². The summed E-state index contributed by atoms with van der Waals surface area (Å²) in [6.45, 7) is 2.89. The highest BCUT2D eigenvalue weighted by Crippen LogP contribution is 2.36. The van der Waals surface area contributed by atoms with E-state index in [9.17, 15) is 0 Å². The van der Waals surface area contributed by atoms with Gasteiger partial charge in [-0.25, -0.2) is 9.97 Å². The van der Waals surface area contributed by atoms with Crippen molar-refractivity contribution in [1.29, 1.82) is 0 Å². The average molecular weight is 405 g/mol. The third-order valence-corrected chi connectivity index (χ3v) is 5.55. The molecule has 5 aromatic rings. The SMILES string of the molecule is Cc1cccc(-n2cc(-c3ccccc3)c3c(N(C)Cc4ccccc4)ncnc32)c1. The molecule has 0 aliphatic rings. The Kier molecular flexibility index (Phi) is 4.97. The smallest absolute Gasteiger partial charge is 0.150 e. The second-order valence-electron chi connectivity index (χ2n) is 7.86. The van der Waals surface area contributed by atoms with Crippen molar-refractivity contribution in [2.75, 3.05) is 11.9 Å². The van der Waals surface area contributed by atoms with Crippen LogP contribution in [0.5, 0.6) is 0 Å². The number of fused-ring (bicyclic) bond motifs is 1. The fourth-order valence-electron chi connectivity index (χ4n) is 4.08. The largest absolute Gasteiger partial charge is 0.355 e. The van der Waals surface area contributed by atoms with Crippen LogP contribution < -0.4 is 4.90 Å². The van der Waals surface area contributed by atoms with Gasteiger partial charge in [0.05, 0.1) is 5.39 Å². The van der Waals surface area contributed by atoms with Gasteiger partial charge in [-0.3, -0.25) is 0 Å². The highest BCUT2D eigenvalue weighted by Gasteiger charge is 2.19. The van der Waals surface area contributed by atoms with Crippen molar-refractivity contribution in [3.63, 3.8) is 0 Å². The van der Waals surface area contributed by atoms with Crippen LogP contribution in [0.3, 0.4) is 0 Å². The molecule has 31 heavy (non-hydrogen) atoms. The molecule has 0 radical (unpaired) electrons. The maximum absolute atomic E-state index is 4.72. The van der Waals surface area contributed by atoms with E-state index in [0.717, 1.165) is 40.2 Å². The van der Waals surface area contributed by atoms with E-state index >= 15 is 0 Å². The van der Waals surface area contributed by atoms with Gasteiger partial charge in [0, 0.05) is 31.0 Å². The van der Waals surface area contributed by atoms with Gasteiger partial charge in [0.2, 0.25) is 0 Å². The van der Waals surface area contributed by atoms with Crippen molar-refractivity contribution in [3.8, 4) is 16.8 Å². The third-order valence-electron chi connectivity index (χ3n) is 5.55. The van der Waals surface area contributed by atoms with Gasteiger partial charge in [0.15, 0.2) is 5.65 Å². The highest BCUT2D eigenvalue weighted by molar-refractivity contribution is 6.02. The van der Waals surface area contributed by atoms with E-state index in [1.165, 1.54) is 11.1 Å². The summed E-state index contributed by atoms with van der Waals surface area (Å²) in [6.07, 6.45) is 3.85. The van der Waals surface area contributed by atoms with Crippen LogP contribution in [0.15, 0.2) is 97.5 Å². The summed E-state index contributed by atoms with van der Waals surface area (Å²) in [7, 11) is 2.09. The molecular weight excluding hydrogens is 380 g/mol. The predicted octanol–water partition coefficient (Wildman–Crippen LogP) is 6.03. The Morgan fingerprint density at radius 2 is 1.58 bits per heavy atom. The first-order valence-corrected chi connectivity index (χ1v) is 10.4. The predicted molar refractivity (Wildman–Crippen MR) is 128 cm³/mol. The fourth-order valence-corrected chi connectivity index (χ4v) is 4.08. The lowest BCUT2D eigenvalue weighted by Crippen LogP contribution is -2.18. The van der Waals surface area contributed by atoms with E-state index in [2.05, 4.69) is 102 Å². The molecule has 2 heterocycles. The zero-order valence-electron chi connectivity index (χ0n) is 17.7. The number of hydrogen-bond donors (Lipinski definition) is 0. The summed E-state index contributed by atoms with van der Waals surface area (Å²) in [5.41, 5.74) is 6.76. The number of nitrogens with zero attached hydrogens (tertiary/aromatic N) is 4. The standard InChI is InChI=1S/C27H24N4/c1-20-10-9-15-23(16-20)31-18-24(22-13-7-4-8-14-22)25-26(28-19-29-27(25)31)30(2)17-21-11-5-3-6-12-21/h3-16,18-19H,17H2,1-2H3. The minimum Gasteiger partial charge on any atom is -0.355 e. The topological polar surface area (TPSA) is 34.0 Å². The van der Waals surface area contributed by atoms with Gasteiger partial charge in [0.1, 0.15) is 12.1 Å². The van der Waals surface area contributed by atoms with Gasteiger partial charge in [-0.15, -0.1) is 0 Å². The molecular formula is C27H24N4. The number of anilines is 1. The van der Waals surface area contributed by atoms with Crippen LogP contribution >= 0.6 is 0 Å². The average Bonchev–Trinajstić information content (AvgIpc) is 3.20. The zero-order valence-corrected chi connectivity index (χ0v) is 17.7. The first kappa shape index (κ1) is 19.1. The van der Waals surface area contributed by atoms with E-state index in [1.54, 1.807) is 6.33 Å². The summed E-state index contributed by atoms with van der Waals surface area (Å²) >= 11 is 0. The molecule has 5 rings (SSSR count). The number of aryl methyl sites for hydroxylation is 1. The first-order valence-electron chi connectivity index (χ1n) is 10.4. The molecule has 0 aliphatic heterocycles. The Labute approximate surface area is 182 Å². The number of rotatable bonds is 5. The molecule has 0 N–H and O–H groups in total. The molecule has 0 fully saturated rings. The molecule has 0 bridgehead atoms. The Balaban J connectivity index is 1.72. The third kappa shape index (κ3) is 3.68. The molecule has 0 amide bonds. The van der Waals surface area contributed by atoms with Gasteiger partial charge < -0.3 is 9.47 Å². The van der Waals surface area contributed by atoms with E-state index in [-0.39, 0.29) is 0 Å². The Bertz CT molecular complexity index is 1320. The molecule has 0 saturated carbocycles. The Morgan fingerprint density at radius 3 is 2.32 bits per heavy atom. The van der Waals surface area contributed by atoms with Gasteiger partial charge in [0.25, 0.3) is 0 Å². The van der Waals surface area contributed by atoms with E-state index < -0.39 is 0 Å². The summed E-state index contributed by atoms with van der Waals surface area (Å²) in [5, 5.41) is 1.06. The molecule has 0 unspecified atom stereocenters. The van der Waals surface area contributed by atoms with Crippen LogP contribution in [0.2, 0.25) is 0 Å². The van der Waals surface area contributed by atoms with Crippen LogP contribution in [-0.2, 0) is 6.54 Å². The van der Waals surface area contributed by atoms with Crippen LogP contribution in [0, 0.1) is 6.92 Å². The van der Waals surface area contributed by atoms with Crippen LogP contribution in [0.1, 0.15) is 11.1 Å². The Hall–Kier alpha value is -3.92. The number of benzene rings is 3. The second kappa shape index (κ2) is 8.07. The monoisotopic (exact) mass is 404 g/mol. The van der Waals surface area contributed by atoms with Crippen molar-refractivity contribution < 1.29 is 0 Å². The van der Waals surface area contributed by atoms with E-state index in [0.29, 0.717) is 0 Å². The minimum absolute atomic E-state index is 0.775. The van der Waals surface area contributed by atoms with Crippen molar-refractivity contribution in [3.05, 3.63) is 109 Å². The number of hydrogen-bond acceptors (Lipinski definition) is 3. The van der Waals surface area contributed by atoms with Crippen LogP contribution in [0.4, 0.5) is 5.82 Å². The normalized spacial score (nSPS) is 11.0. The first-order chi connectivity index (χ1) is 15.2. The van der Waals surface area contributed by atoms with Gasteiger partial charge in [-0.05, 0) is 35.7 Å². The maximum atomic E-state index is 4.72. The highest BCUT2D eigenvalue weighted by atomic mass is 15.2. The van der Waals surface area contributed by atoms with Crippen molar-refractivity contribution in [2.45, 2.75) is 13.5 Å². The zero-order chi connectivity index (χ0) is 21.2. The summed E-state index contributed by atoms with van der Waals surface area (Å²) in [5.74, 6) is 0.930. The molecule has 0 atom stereocenters. The number of aromatic nitrogens is 3. The Morgan fingerprint density at radius 1 is 0.839 bits per heavy atom. The molecule has 4 heteroatoms. The van der Waals surface area contributed by atoms with Gasteiger partial charge in [-0.2, -0.15) is 0 Å². The van der Waals surface area contributed by atoms with Crippen molar-refractivity contribution >= 4 is 16.9 Å². The van der Waals surface area contributed by atoms with Crippen LogP contribution in [-0.4, -0.2) is 21.6 Å². The lowest BCUT2D eigenvalue weighted by Gasteiger charge is -2.19. The molecule has 152 valence electrons. The summed E-state index contributed by atoms with van der Waals surface area (Å²) in [4.78, 5) is 11.6. The fraction of sp³-hybridized carbons (Fsp3) is 0.111. The maximum Gasteiger partial charge on any atom is 0.150 e. The molecule has 0 aliphatic carbocycles. The van der Waals surface area contributed by atoms with E-state index in [4.69, 9.17) is 9.97 Å². The quantitative estimate of drug-likeness (QED) is 0.358. The van der Waals surface area contributed by atoms with Gasteiger partial charge >= 0.3 is 0 Å². The second-order valence-corrected chi connectivity index (χ2v) is 7.86. The van der Waals surface area contributed by atoms with Crippen LogP contribution in [0.25, 0.3) is 27.8 Å². The molecule has 0 saturated heterocycles. The van der Waals surface area contributed by atoms with Crippen molar-refractivity contribution in [1.82, 2.24) is 14.5 Å². The minimum atomic E-state index is 0.775.